The minimum Gasteiger partial charge on any atom is -0.309 e. The highest BCUT2D eigenvalue weighted by Crippen LogP contribution is 2.48. The van der Waals surface area contributed by atoms with Crippen molar-refractivity contribution in [3.05, 3.63) is 174 Å². The standard InChI is InChI=1S/C66H61N/c1-63(2,3)46-26-40-18-20-42-28-48(65(7,8)9)36-55-53(32-44(30-46)59(40)61(42)55)38-22-24-51-52-25-23-39(35-58(52)67(57(51)34-38)50-16-14-13-15-17-50)54-33-45-31-47(64(4,5)6)27-41-19-21-43-29-49(66(10,11)12)37-56(54)62(43)60(41)45/h13-37H,1-12H3. The summed E-state index contributed by atoms with van der Waals surface area (Å²) >= 11 is 0. The molecule has 0 saturated carbocycles. The molecular weight excluding hydrogens is 807 g/mol. The molecule has 0 aliphatic carbocycles. The van der Waals surface area contributed by atoms with Crippen molar-refractivity contribution in [2.45, 2.75) is 105 Å². The van der Waals surface area contributed by atoms with Crippen LogP contribution in [0.3, 0.4) is 0 Å². The quantitative estimate of drug-likeness (QED) is 0.156. The number of para-hydroxylation sites is 1. The lowest BCUT2D eigenvalue weighted by molar-refractivity contribution is 0.591. The van der Waals surface area contributed by atoms with E-state index in [1.807, 2.05) is 0 Å². The minimum absolute atomic E-state index is 0.000391. The third-order valence-electron chi connectivity index (χ3n) is 15.2. The van der Waals surface area contributed by atoms with Crippen LogP contribution < -0.4 is 0 Å². The highest BCUT2D eigenvalue weighted by atomic mass is 15.0. The Morgan fingerprint density at radius 3 is 1.00 bits per heavy atom. The molecular formula is C66H61N. The maximum Gasteiger partial charge on any atom is 0.0547 e. The molecule has 11 aromatic carbocycles. The Balaban J connectivity index is 1.15. The largest absolute Gasteiger partial charge is 0.309 e. The summed E-state index contributed by atoms with van der Waals surface area (Å²) in [4.78, 5) is 0. The molecule has 12 rings (SSSR count). The monoisotopic (exact) mass is 867 g/mol. The second kappa shape index (κ2) is 13.9. The van der Waals surface area contributed by atoms with Crippen molar-refractivity contribution >= 4 is 86.4 Å². The molecule has 0 spiro atoms. The van der Waals surface area contributed by atoms with E-state index >= 15 is 0 Å². The summed E-state index contributed by atoms with van der Waals surface area (Å²) in [6, 6.07) is 59.5. The molecule has 0 radical (unpaired) electrons. The number of hydrogen-bond donors (Lipinski definition) is 0. The fourth-order valence-electron chi connectivity index (χ4n) is 11.3. The smallest absolute Gasteiger partial charge is 0.0547 e. The number of nitrogens with zero attached hydrogens (tertiary/aromatic N) is 1. The molecule has 0 aliphatic rings. The Morgan fingerprint density at radius 2 is 0.627 bits per heavy atom. The van der Waals surface area contributed by atoms with Gasteiger partial charge in [-0.15, -0.1) is 0 Å². The van der Waals surface area contributed by atoms with Crippen LogP contribution in [0.2, 0.25) is 0 Å². The lowest BCUT2D eigenvalue weighted by Crippen LogP contribution is -2.12. The molecule has 12 aromatic rings. The molecule has 0 fully saturated rings. The van der Waals surface area contributed by atoms with Crippen molar-refractivity contribution in [3.8, 4) is 27.9 Å². The van der Waals surface area contributed by atoms with Crippen LogP contribution in [0.1, 0.15) is 105 Å². The van der Waals surface area contributed by atoms with Crippen LogP contribution in [-0.2, 0) is 21.7 Å². The van der Waals surface area contributed by atoms with Gasteiger partial charge in [0.15, 0.2) is 0 Å². The first-order valence-electron chi connectivity index (χ1n) is 24.4. The van der Waals surface area contributed by atoms with Crippen LogP contribution in [0, 0.1) is 0 Å². The van der Waals surface area contributed by atoms with E-state index in [1.54, 1.807) is 0 Å². The molecule has 0 N–H and O–H groups in total. The number of benzene rings is 11. The van der Waals surface area contributed by atoms with E-state index in [-0.39, 0.29) is 21.7 Å². The third kappa shape index (κ3) is 6.48. The maximum atomic E-state index is 2.52. The van der Waals surface area contributed by atoms with Crippen LogP contribution in [0.4, 0.5) is 0 Å². The summed E-state index contributed by atoms with van der Waals surface area (Å²) in [5.74, 6) is 0. The first-order chi connectivity index (χ1) is 31.7. The molecule has 0 saturated heterocycles. The Kier molecular flexibility index (Phi) is 8.67. The van der Waals surface area contributed by atoms with Gasteiger partial charge in [0.05, 0.1) is 11.0 Å². The maximum absolute atomic E-state index is 2.52. The zero-order valence-corrected chi connectivity index (χ0v) is 41.4. The van der Waals surface area contributed by atoms with Gasteiger partial charge in [-0.05, 0) is 179 Å². The van der Waals surface area contributed by atoms with Gasteiger partial charge in [0, 0.05) is 16.5 Å². The van der Waals surface area contributed by atoms with Crippen LogP contribution in [0.15, 0.2) is 152 Å². The highest BCUT2D eigenvalue weighted by molar-refractivity contribution is 6.28. The van der Waals surface area contributed by atoms with Gasteiger partial charge < -0.3 is 4.57 Å². The Hall–Kier alpha value is -6.70. The number of fused-ring (bicyclic) bond motifs is 3. The Labute approximate surface area is 395 Å². The molecule has 0 amide bonds. The van der Waals surface area contributed by atoms with Crippen molar-refractivity contribution in [2.24, 2.45) is 0 Å². The molecule has 1 heteroatoms. The van der Waals surface area contributed by atoms with Gasteiger partial charge in [-0.2, -0.15) is 0 Å². The van der Waals surface area contributed by atoms with E-state index in [2.05, 4.69) is 239 Å². The molecule has 67 heavy (non-hydrogen) atoms. The highest BCUT2D eigenvalue weighted by Gasteiger charge is 2.25. The van der Waals surface area contributed by atoms with E-state index in [9.17, 15) is 0 Å². The zero-order chi connectivity index (χ0) is 46.7. The van der Waals surface area contributed by atoms with E-state index < -0.39 is 0 Å². The van der Waals surface area contributed by atoms with Gasteiger partial charge in [0.25, 0.3) is 0 Å². The van der Waals surface area contributed by atoms with Crippen molar-refractivity contribution < 1.29 is 0 Å². The topological polar surface area (TPSA) is 4.93 Å². The summed E-state index contributed by atoms with van der Waals surface area (Å²) in [6.45, 7) is 28.0. The average molecular weight is 868 g/mol. The van der Waals surface area contributed by atoms with Gasteiger partial charge in [0.1, 0.15) is 0 Å². The lowest BCUT2D eigenvalue weighted by Gasteiger charge is -2.25. The van der Waals surface area contributed by atoms with Gasteiger partial charge in [-0.3, -0.25) is 0 Å². The van der Waals surface area contributed by atoms with E-state index in [0.717, 1.165) is 5.69 Å². The number of rotatable bonds is 3. The Morgan fingerprint density at radius 1 is 0.284 bits per heavy atom. The first kappa shape index (κ1) is 41.7. The normalized spacial score (nSPS) is 13.4. The van der Waals surface area contributed by atoms with Crippen molar-refractivity contribution in [2.75, 3.05) is 0 Å². The Bertz CT molecular complexity index is 3740. The molecule has 1 heterocycles. The average Bonchev–Trinajstić information content (AvgIpc) is 3.61. The molecule has 0 bridgehead atoms. The second-order valence-corrected chi connectivity index (χ2v) is 24.0. The van der Waals surface area contributed by atoms with Crippen molar-refractivity contribution in [1.82, 2.24) is 4.57 Å². The van der Waals surface area contributed by atoms with Crippen LogP contribution in [0.25, 0.3) is 114 Å². The van der Waals surface area contributed by atoms with E-state index in [0.29, 0.717) is 0 Å². The first-order valence-corrected chi connectivity index (χ1v) is 24.4. The fourth-order valence-corrected chi connectivity index (χ4v) is 11.3. The predicted octanol–water partition coefficient (Wildman–Crippen LogP) is 19.1. The van der Waals surface area contributed by atoms with E-state index in [4.69, 9.17) is 0 Å². The summed E-state index contributed by atoms with van der Waals surface area (Å²) < 4.78 is 2.52. The van der Waals surface area contributed by atoms with Gasteiger partial charge >= 0.3 is 0 Å². The molecule has 0 unspecified atom stereocenters. The van der Waals surface area contributed by atoms with Crippen LogP contribution in [0.5, 0.6) is 0 Å². The fraction of sp³-hybridized carbons (Fsp3) is 0.242. The molecule has 1 aromatic heterocycles. The summed E-state index contributed by atoms with van der Waals surface area (Å²) in [5, 5.41) is 18.5. The lowest BCUT2D eigenvalue weighted by atomic mass is 9.79. The van der Waals surface area contributed by atoms with Gasteiger partial charge in [-0.1, -0.05) is 186 Å². The third-order valence-corrected chi connectivity index (χ3v) is 15.2. The second-order valence-electron chi connectivity index (χ2n) is 24.0. The minimum atomic E-state index is -0.000391. The predicted molar refractivity (Wildman–Crippen MR) is 294 cm³/mol. The molecule has 0 aliphatic heterocycles. The van der Waals surface area contributed by atoms with E-state index in [1.165, 1.54) is 131 Å². The summed E-state index contributed by atoms with van der Waals surface area (Å²) in [5.41, 5.74) is 14.1. The van der Waals surface area contributed by atoms with Gasteiger partial charge in [-0.25, -0.2) is 0 Å². The van der Waals surface area contributed by atoms with Crippen molar-refractivity contribution in [3.63, 3.8) is 0 Å². The number of hydrogen-bond acceptors (Lipinski definition) is 0. The van der Waals surface area contributed by atoms with Crippen LogP contribution >= 0.6 is 0 Å². The van der Waals surface area contributed by atoms with Crippen molar-refractivity contribution in [1.29, 1.82) is 0 Å². The van der Waals surface area contributed by atoms with Gasteiger partial charge in [0.2, 0.25) is 0 Å². The SMILES string of the molecule is CC(C)(C)c1cc2ccc3cc(C(C)(C)C)cc4c(-c5ccc6c7ccc(-c8cc9cc(C(C)(C)C)cc%10ccc%11cc(C(C)(C)C)cc8c%11c%109)cc7n(-c7ccccc7)c6c5)cc(c1)c2c34. The molecule has 330 valence electrons. The number of aromatic nitrogens is 1. The molecule has 1 nitrogen and oxygen atoms in total. The van der Waals surface area contributed by atoms with Crippen LogP contribution in [-0.4, -0.2) is 4.57 Å². The molecule has 0 atom stereocenters. The summed E-state index contributed by atoms with van der Waals surface area (Å²) in [6.07, 6.45) is 0. The summed E-state index contributed by atoms with van der Waals surface area (Å²) in [7, 11) is 0. The zero-order valence-electron chi connectivity index (χ0n) is 41.4.